The molecule has 0 saturated carbocycles. The highest BCUT2D eigenvalue weighted by Crippen LogP contribution is 2.19. The van der Waals surface area contributed by atoms with Crippen molar-refractivity contribution in [1.82, 2.24) is 5.32 Å². The Hall–Kier alpha value is -1.39. The van der Waals surface area contributed by atoms with E-state index in [0.29, 0.717) is 31.1 Å². The highest BCUT2D eigenvalue weighted by molar-refractivity contribution is 6.02. The van der Waals surface area contributed by atoms with E-state index in [-0.39, 0.29) is 11.8 Å². The molecule has 1 aromatic carbocycles. The summed E-state index contributed by atoms with van der Waals surface area (Å²) in [4.78, 5) is 12.3. The average molecular weight is 251 g/mol. The fourth-order valence-electron chi connectivity index (χ4n) is 1.66. The van der Waals surface area contributed by atoms with Crippen LogP contribution < -0.4 is 10.1 Å². The third kappa shape index (κ3) is 4.13. The molecule has 0 radical (unpaired) electrons. The Morgan fingerprint density at radius 2 is 2.11 bits per heavy atom. The summed E-state index contributed by atoms with van der Waals surface area (Å²) in [6.07, 6.45) is 0. The number of benzene rings is 1. The number of ketones is 1. The molecule has 1 aromatic rings. The van der Waals surface area contributed by atoms with E-state index in [1.807, 2.05) is 32.0 Å². The Bertz CT molecular complexity index is 379. The summed E-state index contributed by atoms with van der Waals surface area (Å²) in [6, 6.07) is 7.07. The topological polar surface area (TPSA) is 47.6 Å². The number of carbonyl (C=O) groups excluding carboxylic acids is 1. The molecular formula is C14H21NO3. The maximum absolute atomic E-state index is 12.3. The second-order valence-electron chi connectivity index (χ2n) is 3.96. The van der Waals surface area contributed by atoms with E-state index in [0.717, 1.165) is 0 Å². The number of carbonyl (C=O) groups is 1. The lowest BCUT2D eigenvalue weighted by Crippen LogP contribution is -2.36. The molecule has 0 fully saturated rings. The van der Waals surface area contributed by atoms with Gasteiger partial charge in [-0.1, -0.05) is 12.1 Å². The van der Waals surface area contributed by atoms with Crippen molar-refractivity contribution in [2.24, 2.45) is 0 Å². The molecule has 0 spiro atoms. The van der Waals surface area contributed by atoms with Crippen LogP contribution in [0.3, 0.4) is 0 Å². The van der Waals surface area contributed by atoms with Gasteiger partial charge in [0.05, 0.1) is 24.8 Å². The summed E-state index contributed by atoms with van der Waals surface area (Å²) in [6.45, 7) is 5.54. The monoisotopic (exact) mass is 251 g/mol. The molecule has 0 aliphatic heterocycles. The predicted molar refractivity (Wildman–Crippen MR) is 71.3 cm³/mol. The van der Waals surface area contributed by atoms with Crippen molar-refractivity contribution in [3.8, 4) is 5.75 Å². The molecule has 0 aromatic heterocycles. The Balaban J connectivity index is 2.70. The zero-order valence-corrected chi connectivity index (χ0v) is 11.2. The van der Waals surface area contributed by atoms with E-state index in [2.05, 4.69) is 5.32 Å². The molecule has 100 valence electrons. The van der Waals surface area contributed by atoms with Crippen molar-refractivity contribution < 1.29 is 14.3 Å². The molecule has 0 saturated heterocycles. The van der Waals surface area contributed by atoms with Gasteiger partial charge in [-0.2, -0.15) is 0 Å². The molecule has 0 aliphatic carbocycles. The summed E-state index contributed by atoms with van der Waals surface area (Å²) in [5.74, 6) is 0.681. The molecule has 18 heavy (non-hydrogen) atoms. The van der Waals surface area contributed by atoms with Gasteiger partial charge in [-0.05, 0) is 26.0 Å². The Morgan fingerprint density at radius 3 is 2.78 bits per heavy atom. The van der Waals surface area contributed by atoms with Gasteiger partial charge in [0.2, 0.25) is 0 Å². The van der Waals surface area contributed by atoms with Gasteiger partial charge in [-0.3, -0.25) is 4.79 Å². The summed E-state index contributed by atoms with van der Waals surface area (Å²) >= 11 is 0. The maximum Gasteiger partial charge on any atom is 0.183 e. The third-order valence-electron chi connectivity index (χ3n) is 2.60. The van der Waals surface area contributed by atoms with Crippen LogP contribution in [0, 0.1) is 0 Å². The minimum atomic E-state index is -0.248. The van der Waals surface area contributed by atoms with E-state index in [9.17, 15) is 4.79 Å². The molecular weight excluding hydrogens is 230 g/mol. The number of ether oxygens (including phenoxy) is 2. The normalized spacial score (nSPS) is 12.2. The summed E-state index contributed by atoms with van der Waals surface area (Å²) in [7, 11) is 1.64. The summed E-state index contributed by atoms with van der Waals surface area (Å²) in [5.41, 5.74) is 0.622. The Morgan fingerprint density at radius 1 is 1.39 bits per heavy atom. The highest BCUT2D eigenvalue weighted by atomic mass is 16.5. The average Bonchev–Trinajstić information content (AvgIpc) is 2.39. The first-order valence-corrected chi connectivity index (χ1v) is 6.19. The number of hydrogen-bond donors (Lipinski definition) is 1. The van der Waals surface area contributed by atoms with Crippen molar-refractivity contribution in [2.75, 3.05) is 26.9 Å². The van der Waals surface area contributed by atoms with Crippen LogP contribution in [0.5, 0.6) is 5.75 Å². The van der Waals surface area contributed by atoms with Crippen LogP contribution in [0.25, 0.3) is 0 Å². The lowest BCUT2D eigenvalue weighted by molar-refractivity contribution is 0.0941. The number of para-hydroxylation sites is 1. The number of rotatable bonds is 8. The van der Waals surface area contributed by atoms with Crippen molar-refractivity contribution in [1.29, 1.82) is 0 Å². The molecule has 1 atom stereocenters. The largest absolute Gasteiger partial charge is 0.493 e. The van der Waals surface area contributed by atoms with Crippen LogP contribution in [0.2, 0.25) is 0 Å². The van der Waals surface area contributed by atoms with Gasteiger partial charge >= 0.3 is 0 Å². The second kappa shape index (κ2) is 7.84. The van der Waals surface area contributed by atoms with Crippen molar-refractivity contribution in [2.45, 2.75) is 19.9 Å². The van der Waals surface area contributed by atoms with E-state index >= 15 is 0 Å². The second-order valence-corrected chi connectivity index (χ2v) is 3.96. The number of nitrogens with one attached hydrogen (secondary N) is 1. The maximum atomic E-state index is 12.3. The van der Waals surface area contributed by atoms with Crippen molar-refractivity contribution in [3.63, 3.8) is 0 Å². The standard InChI is InChI=1S/C14H21NO3/c1-4-18-13-8-6-5-7-12(13)14(16)11(2)15-9-10-17-3/h5-8,11,15H,4,9-10H2,1-3H3. The lowest BCUT2D eigenvalue weighted by atomic mass is 10.0. The smallest absolute Gasteiger partial charge is 0.183 e. The van der Waals surface area contributed by atoms with Gasteiger partial charge in [0, 0.05) is 13.7 Å². The molecule has 4 heteroatoms. The van der Waals surface area contributed by atoms with Crippen molar-refractivity contribution >= 4 is 5.78 Å². The molecule has 0 amide bonds. The van der Waals surface area contributed by atoms with E-state index in [1.54, 1.807) is 13.2 Å². The zero-order valence-electron chi connectivity index (χ0n) is 11.2. The van der Waals surface area contributed by atoms with Gasteiger partial charge in [0.25, 0.3) is 0 Å². The van der Waals surface area contributed by atoms with Crippen molar-refractivity contribution in [3.05, 3.63) is 29.8 Å². The molecule has 1 unspecified atom stereocenters. The fourth-order valence-corrected chi connectivity index (χ4v) is 1.66. The molecule has 4 nitrogen and oxygen atoms in total. The molecule has 0 heterocycles. The Labute approximate surface area is 108 Å². The highest BCUT2D eigenvalue weighted by Gasteiger charge is 2.18. The van der Waals surface area contributed by atoms with Gasteiger partial charge in [-0.15, -0.1) is 0 Å². The number of Topliss-reactive ketones (excluding diaryl/α,β-unsaturated/α-hetero) is 1. The van der Waals surface area contributed by atoms with Crippen LogP contribution in [0.15, 0.2) is 24.3 Å². The van der Waals surface area contributed by atoms with Gasteiger partial charge in [-0.25, -0.2) is 0 Å². The third-order valence-corrected chi connectivity index (χ3v) is 2.60. The quantitative estimate of drug-likeness (QED) is 0.566. The first kappa shape index (κ1) is 14.7. The van der Waals surface area contributed by atoms with Gasteiger partial charge in [0.1, 0.15) is 5.75 Å². The molecule has 1 rings (SSSR count). The SMILES string of the molecule is CCOc1ccccc1C(=O)C(C)NCCOC. The molecule has 1 N–H and O–H groups in total. The van der Waals surface area contributed by atoms with Crippen LogP contribution >= 0.6 is 0 Å². The zero-order chi connectivity index (χ0) is 13.4. The Kier molecular flexibility index (Phi) is 6.39. The first-order chi connectivity index (χ1) is 8.70. The van der Waals surface area contributed by atoms with E-state index in [1.165, 1.54) is 0 Å². The minimum absolute atomic E-state index is 0.0372. The van der Waals surface area contributed by atoms with Gasteiger partial charge < -0.3 is 14.8 Å². The first-order valence-electron chi connectivity index (χ1n) is 6.19. The van der Waals surface area contributed by atoms with E-state index < -0.39 is 0 Å². The predicted octanol–water partition coefficient (Wildman–Crippen LogP) is 1.89. The van der Waals surface area contributed by atoms with E-state index in [4.69, 9.17) is 9.47 Å². The van der Waals surface area contributed by atoms with Crippen LogP contribution in [-0.4, -0.2) is 38.7 Å². The van der Waals surface area contributed by atoms with Gasteiger partial charge in [0.15, 0.2) is 5.78 Å². The van der Waals surface area contributed by atoms with Crippen LogP contribution in [0.4, 0.5) is 0 Å². The van der Waals surface area contributed by atoms with Crippen LogP contribution in [-0.2, 0) is 4.74 Å². The molecule has 0 aliphatic rings. The number of methoxy groups -OCH3 is 1. The van der Waals surface area contributed by atoms with Crippen LogP contribution in [0.1, 0.15) is 24.2 Å². The summed E-state index contributed by atoms with van der Waals surface area (Å²) < 4.78 is 10.4. The molecule has 0 bridgehead atoms. The number of hydrogen-bond acceptors (Lipinski definition) is 4. The lowest BCUT2D eigenvalue weighted by Gasteiger charge is -2.15. The fraction of sp³-hybridized carbons (Fsp3) is 0.500. The summed E-state index contributed by atoms with van der Waals surface area (Å²) in [5, 5.41) is 3.12. The minimum Gasteiger partial charge on any atom is -0.493 e.